The highest BCUT2D eigenvalue weighted by Gasteiger charge is 2.47. The number of benzene rings is 1. The molecule has 0 aromatic heterocycles. The Morgan fingerprint density at radius 3 is 3.07 bits per heavy atom. The van der Waals surface area contributed by atoms with Crippen molar-refractivity contribution in [3.8, 4) is 0 Å². The van der Waals surface area contributed by atoms with Gasteiger partial charge in [-0.2, -0.15) is 0 Å². The number of fused-ring (bicyclic) bond motifs is 3. The number of hydrogen-bond acceptors (Lipinski definition) is 2. The lowest BCUT2D eigenvalue weighted by atomic mass is 9.77. The molecule has 2 heteroatoms. The first-order valence-electron chi connectivity index (χ1n) is 5.82. The van der Waals surface area contributed by atoms with Crippen LogP contribution < -0.4 is 5.32 Å². The van der Waals surface area contributed by atoms with E-state index in [1.807, 2.05) is 0 Å². The Morgan fingerprint density at radius 2 is 2.20 bits per heavy atom. The van der Waals surface area contributed by atoms with Crippen LogP contribution in [0, 0.1) is 0 Å². The Hall–Kier alpha value is -0.470. The maximum Gasteiger partial charge on any atom is 0.0567 e. The van der Waals surface area contributed by atoms with Crippen LogP contribution in [-0.2, 0) is 5.54 Å². The van der Waals surface area contributed by atoms with E-state index in [-0.39, 0.29) is 5.54 Å². The molecule has 80 valence electrons. The summed E-state index contributed by atoms with van der Waals surface area (Å²) >= 11 is 2.08. The van der Waals surface area contributed by atoms with Gasteiger partial charge in [-0.1, -0.05) is 31.0 Å². The molecule has 1 heterocycles. The maximum absolute atomic E-state index is 3.61. The minimum atomic E-state index is 0.277. The highest BCUT2D eigenvalue weighted by atomic mass is 32.2. The molecule has 1 aromatic rings. The van der Waals surface area contributed by atoms with Crippen LogP contribution in [0.25, 0.3) is 0 Å². The molecule has 0 bridgehead atoms. The predicted molar refractivity (Wildman–Crippen MR) is 65.3 cm³/mol. The van der Waals surface area contributed by atoms with Crippen LogP contribution >= 0.6 is 11.8 Å². The summed E-state index contributed by atoms with van der Waals surface area (Å²) in [4.78, 5) is 1.50. The molecule has 0 amide bonds. The molecule has 1 nitrogen and oxygen atoms in total. The molecule has 1 aromatic carbocycles. The third-order valence-corrected chi connectivity index (χ3v) is 5.45. The zero-order valence-electron chi connectivity index (χ0n) is 9.12. The lowest BCUT2D eigenvalue weighted by Crippen LogP contribution is -2.47. The normalized spacial score (nSPS) is 33.5. The third kappa shape index (κ3) is 1.28. The van der Waals surface area contributed by atoms with Crippen molar-refractivity contribution in [1.82, 2.24) is 5.32 Å². The summed E-state index contributed by atoms with van der Waals surface area (Å²) < 4.78 is 0. The van der Waals surface area contributed by atoms with Gasteiger partial charge in [0.2, 0.25) is 0 Å². The Morgan fingerprint density at radius 1 is 1.33 bits per heavy atom. The van der Waals surface area contributed by atoms with Crippen molar-refractivity contribution in [1.29, 1.82) is 0 Å². The van der Waals surface area contributed by atoms with E-state index in [1.54, 1.807) is 5.56 Å². The number of nitrogens with one attached hydrogen (secondary N) is 1. The second-order valence-electron chi connectivity index (χ2n) is 4.57. The Balaban J connectivity index is 2.11. The average Bonchev–Trinajstić information content (AvgIpc) is 2.64. The molecule has 0 spiro atoms. The standard InChI is InChI=1S/C13H17NS/c1-14-13-9-5-4-8-12(13)15-11-7-3-2-6-10(11)13/h2-3,6-7,12,14H,4-5,8-9H2,1H3/i1+2. The summed E-state index contributed by atoms with van der Waals surface area (Å²) in [5, 5.41) is 4.37. The summed E-state index contributed by atoms with van der Waals surface area (Å²) in [7, 11) is 2.13. The molecular weight excluding hydrogens is 204 g/mol. The van der Waals surface area contributed by atoms with Crippen LogP contribution in [0.3, 0.4) is 0 Å². The van der Waals surface area contributed by atoms with E-state index < -0.39 is 0 Å². The SMILES string of the molecule is [14CH3]NC12CCCCC1Sc1ccccc12. The Kier molecular flexibility index (Phi) is 2.29. The molecule has 0 saturated heterocycles. The smallest absolute Gasteiger partial charge is 0.0567 e. The molecule has 1 fully saturated rings. The van der Waals surface area contributed by atoms with Crippen molar-refractivity contribution >= 4 is 11.8 Å². The number of thioether (sulfide) groups is 1. The van der Waals surface area contributed by atoms with Gasteiger partial charge in [-0.3, -0.25) is 0 Å². The van der Waals surface area contributed by atoms with Crippen LogP contribution in [-0.4, -0.2) is 12.3 Å². The molecule has 2 unspecified atom stereocenters. The third-order valence-electron chi connectivity index (χ3n) is 3.92. The molecule has 0 radical (unpaired) electrons. The van der Waals surface area contributed by atoms with E-state index in [1.165, 1.54) is 30.6 Å². The molecule has 1 aliphatic heterocycles. The molecule has 1 N–H and O–H groups in total. The van der Waals surface area contributed by atoms with Crippen molar-refractivity contribution in [3.63, 3.8) is 0 Å². The quantitative estimate of drug-likeness (QED) is 0.782. The maximum atomic E-state index is 3.61. The summed E-state index contributed by atoms with van der Waals surface area (Å²) in [5.41, 5.74) is 1.82. The highest BCUT2D eigenvalue weighted by molar-refractivity contribution is 8.00. The van der Waals surface area contributed by atoms with E-state index in [2.05, 4.69) is 48.4 Å². The van der Waals surface area contributed by atoms with Crippen LogP contribution in [0.5, 0.6) is 0 Å². The zero-order valence-corrected chi connectivity index (χ0v) is 9.94. The van der Waals surface area contributed by atoms with Crippen LogP contribution in [0.4, 0.5) is 0 Å². The average molecular weight is 221 g/mol. The predicted octanol–water partition coefficient (Wildman–Crippen LogP) is 3.15. The van der Waals surface area contributed by atoms with Crippen molar-refractivity contribution in [2.24, 2.45) is 0 Å². The van der Waals surface area contributed by atoms with Crippen molar-refractivity contribution in [3.05, 3.63) is 29.8 Å². The van der Waals surface area contributed by atoms with Gasteiger partial charge in [0.1, 0.15) is 0 Å². The molecule has 1 saturated carbocycles. The van der Waals surface area contributed by atoms with Gasteiger partial charge in [0.15, 0.2) is 0 Å². The van der Waals surface area contributed by atoms with Crippen LogP contribution in [0.2, 0.25) is 0 Å². The molecule has 3 rings (SSSR count). The fourth-order valence-corrected chi connectivity index (χ4v) is 4.81. The minimum absolute atomic E-state index is 0.277. The van der Waals surface area contributed by atoms with E-state index in [0.717, 1.165) is 5.25 Å². The minimum Gasteiger partial charge on any atom is -0.309 e. The summed E-state index contributed by atoms with van der Waals surface area (Å²) in [5.74, 6) is 0. The monoisotopic (exact) mass is 221 g/mol. The summed E-state index contributed by atoms with van der Waals surface area (Å²) in [6.45, 7) is 0. The van der Waals surface area contributed by atoms with Gasteiger partial charge in [0, 0.05) is 10.1 Å². The van der Waals surface area contributed by atoms with Gasteiger partial charge >= 0.3 is 0 Å². The van der Waals surface area contributed by atoms with Gasteiger partial charge in [-0.15, -0.1) is 11.8 Å². The summed E-state index contributed by atoms with van der Waals surface area (Å²) in [6, 6.07) is 8.92. The molecule has 1 aliphatic carbocycles. The fraction of sp³-hybridized carbons (Fsp3) is 0.538. The fourth-order valence-electron chi connectivity index (χ4n) is 3.12. The zero-order chi connectivity index (χ0) is 10.3. The summed E-state index contributed by atoms with van der Waals surface area (Å²) in [6.07, 6.45) is 5.43. The topological polar surface area (TPSA) is 12.0 Å². The van der Waals surface area contributed by atoms with Crippen LogP contribution in [0.1, 0.15) is 31.2 Å². The Bertz CT molecular complexity index is 377. The number of hydrogen-bond donors (Lipinski definition) is 1. The molecule has 15 heavy (non-hydrogen) atoms. The molecule has 2 atom stereocenters. The Labute approximate surface area is 95.6 Å². The van der Waals surface area contributed by atoms with E-state index in [0.29, 0.717) is 0 Å². The first-order chi connectivity index (χ1) is 7.37. The van der Waals surface area contributed by atoms with Gasteiger partial charge in [-0.05, 0) is 31.5 Å². The van der Waals surface area contributed by atoms with Crippen molar-refractivity contribution in [2.75, 3.05) is 7.05 Å². The van der Waals surface area contributed by atoms with E-state index in [4.69, 9.17) is 0 Å². The van der Waals surface area contributed by atoms with Crippen LogP contribution in [0.15, 0.2) is 29.2 Å². The van der Waals surface area contributed by atoms with Gasteiger partial charge in [0.25, 0.3) is 0 Å². The van der Waals surface area contributed by atoms with Gasteiger partial charge in [0.05, 0.1) is 5.54 Å². The van der Waals surface area contributed by atoms with E-state index in [9.17, 15) is 0 Å². The molecular formula is C13H17NS. The van der Waals surface area contributed by atoms with Gasteiger partial charge < -0.3 is 5.32 Å². The molecule has 2 aliphatic rings. The first-order valence-corrected chi connectivity index (χ1v) is 6.70. The first kappa shape index (κ1) is 9.73. The van der Waals surface area contributed by atoms with Crippen molar-refractivity contribution < 1.29 is 0 Å². The lowest BCUT2D eigenvalue weighted by Gasteiger charge is -2.39. The second kappa shape index (κ2) is 3.53. The van der Waals surface area contributed by atoms with Crippen molar-refractivity contribution in [2.45, 2.75) is 41.4 Å². The second-order valence-corrected chi connectivity index (χ2v) is 5.81. The van der Waals surface area contributed by atoms with E-state index >= 15 is 0 Å². The highest BCUT2D eigenvalue weighted by Crippen LogP contribution is 2.54. The van der Waals surface area contributed by atoms with Gasteiger partial charge in [-0.25, -0.2) is 0 Å². The largest absolute Gasteiger partial charge is 0.309 e. The number of rotatable bonds is 1. The lowest BCUT2D eigenvalue weighted by molar-refractivity contribution is 0.265.